The third-order valence-electron chi connectivity index (χ3n) is 4.27. The van der Waals surface area contributed by atoms with E-state index in [2.05, 4.69) is 20.8 Å². The number of hydrogen-bond acceptors (Lipinski definition) is 3. The molecule has 0 aliphatic carbocycles. The summed E-state index contributed by atoms with van der Waals surface area (Å²) in [5.41, 5.74) is 5.97. The SMILES string of the molecule is CC(C)(C)C1CCN(S(=O)(=O)c2cc(F)ccc2N)CC1. The molecule has 21 heavy (non-hydrogen) atoms. The minimum Gasteiger partial charge on any atom is -0.398 e. The first kappa shape index (κ1) is 16.2. The molecule has 0 unspecified atom stereocenters. The van der Waals surface area contributed by atoms with E-state index in [1.807, 2.05) is 0 Å². The van der Waals surface area contributed by atoms with Crippen LogP contribution in [-0.2, 0) is 10.0 Å². The van der Waals surface area contributed by atoms with Gasteiger partial charge < -0.3 is 5.73 Å². The van der Waals surface area contributed by atoms with Crippen LogP contribution in [0, 0.1) is 17.2 Å². The second kappa shape index (κ2) is 5.57. The van der Waals surface area contributed by atoms with E-state index in [1.54, 1.807) is 0 Å². The molecule has 1 aromatic carbocycles. The van der Waals surface area contributed by atoms with E-state index < -0.39 is 15.8 Å². The first-order valence-electron chi connectivity index (χ1n) is 7.17. The second-order valence-corrected chi connectivity index (χ2v) is 8.63. The molecule has 1 aliphatic heterocycles. The van der Waals surface area contributed by atoms with E-state index in [0.29, 0.717) is 19.0 Å². The summed E-state index contributed by atoms with van der Waals surface area (Å²) >= 11 is 0. The van der Waals surface area contributed by atoms with Gasteiger partial charge in [-0.1, -0.05) is 20.8 Å². The number of benzene rings is 1. The number of nitrogens with zero attached hydrogens (tertiary/aromatic N) is 1. The van der Waals surface area contributed by atoms with Crippen molar-refractivity contribution in [2.24, 2.45) is 11.3 Å². The molecular weight excluding hydrogens is 291 g/mol. The van der Waals surface area contributed by atoms with Crippen molar-refractivity contribution in [1.82, 2.24) is 4.31 Å². The van der Waals surface area contributed by atoms with Gasteiger partial charge in [0.25, 0.3) is 0 Å². The maximum Gasteiger partial charge on any atom is 0.245 e. The fourth-order valence-electron chi connectivity index (χ4n) is 2.83. The Morgan fingerprint density at radius 1 is 1.24 bits per heavy atom. The van der Waals surface area contributed by atoms with Gasteiger partial charge in [0.15, 0.2) is 0 Å². The van der Waals surface area contributed by atoms with Crippen LogP contribution in [0.2, 0.25) is 0 Å². The van der Waals surface area contributed by atoms with E-state index in [-0.39, 0.29) is 16.0 Å². The molecule has 0 atom stereocenters. The molecule has 0 amide bonds. The fraction of sp³-hybridized carbons (Fsp3) is 0.600. The lowest BCUT2D eigenvalue weighted by atomic mass is 9.76. The van der Waals surface area contributed by atoms with E-state index in [9.17, 15) is 12.8 Å². The lowest BCUT2D eigenvalue weighted by molar-refractivity contribution is 0.154. The summed E-state index contributed by atoms with van der Waals surface area (Å²) in [6.45, 7) is 7.44. The number of hydrogen-bond donors (Lipinski definition) is 1. The van der Waals surface area contributed by atoms with Gasteiger partial charge in [0.1, 0.15) is 10.7 Å². The number of nitrogens with two attached hydrogens (primary N) is 1. The predicted molar refractivity (Wildman–Crippen MR) is 81.8 cm³/mol. The first-order chi connectivity index (χ1) is 9.62. The highest BCUT2D eigenvalue weighted by Gasteiger charge is 2.34. The van der Waals surface area contributed by atoms with Crippen LogP contribution in [0.25, 0.3) is 0 Å². The number of sulfonamides is 1. The smallest absolute Gasteiger partial charge is 0.245 e. The van der Waals surface area contributed by atoms with Gasteiger partial charge in [0.05, 0.1) is 5.69 Å². The molecule has 1 fully saturated rings. The van der Waals surface area contributed by atoms with Crippen molar-refractivity contribution < 1.29 is 12.8 Å². The molecule has 1 saturated heterocycles. The molecule has 1 aromatic rings. The Hall–Kier alpha value is -1.14. The molecule has 2 rings (SSSR count). The van der Waals surface area contributed by atoms with Crippen molar-refractivity contribution in [3.05, 3.63) is 24.0 Å². The van der Waals surface area contributed by atoms with Crippen LogP contribution in [0.15, 0.2) is 23.1 Å². The molecule has 0 radical (unpaired) electrons. The summed E-state index contributed by atoms with van der Waals surface area (Å²) in [4.78, 5) is -0.128. The highest BCUT2D eigenvalue weighted by Crippen LogP contribution is 2.36. The molecule has 0 aromatic heterocycles. The Labute approximate surface area is 126 Å². The van der Waals surface area contributed by atoms with Gasteiger partial charge in [-0.3, -0.25) is 0 Å². The molecular formula is C15H23FN2O2S. The molecule has 4 nitrogen and oxygen atoms in total. The van der Waals surface area contributed by atoms with Crippen molar-refractivity contribution in [2.45, 2.75) is 38.5 Å². The molecule has 1 aliphatic rings. The van der Waals surface area contributed by atoms with Crippen molar-refractivity contribution in [2.75, 3.05) is 18.8 Å². The van der Waals surface area contributed by atoms with Crippen molar-refractivity contribution in [3.8, 4) is 0 Å². The van der Waals surface area contributed by atoms with Gasteiger partial charge in [-0.05, 0) is 42.4 Å². The highest BCUT2D eigenvalue weighted by atomic mass is 32.2. The number of piperidine rings is 1. The summed E-state index contributed by atoms with van der Waals surface area (Å²) < 4.78 is 39.9. The molecule has 118 valence electrons. The highest BCUT2D eigenvalue weighted by molar-refractivity contribution is 7.89. The summed E-state index contributed by atoms with van der Waals surface area (Å²) in [5, 5.41) is 0. The van der Waals surface area contributed by atoms with E-state index in [1.165, 1.54) is 16.4 Å². The van der Waals surface area contributed by atoms with Gasteiger partial charge in [-0.15, -0.1) is 0 Å². The molecule has 1 heterocycles. The average molecular weight is 314 g/mol. The zero-order valence-electron chi connectivity index (χ0n) is 12.8. The molecule has 2 N–H and O–H groups in total. The number of halogens is 1. The maximum atomic E-state index is 13.3. The minimum atomic E-state index is -3.72. The minimum absolute atomic E-state index is 0.0920. The van der Waals surface area contributed by atoms with Crippen molar-refractivity contribution in [1.29, 1.82) is 0 Å². The number of rotatable bonds is 2. The summed E-state index contributed by atoms with van der Waals surface area (Å²) in [7, 11) is -3.72. The lowest BCUT2D eigenvalue weighted by Crippen LogP contribution is -2.41. The quantitative estimate of drug-likeness (QED) is 0.854. The van der Waals surface area contributed by atoms with Crippen molar-refractivity contribution in [3.63, 3.8) is 0 Å². The Bertz CT molecular complexity index is 615. The largest absolute Gasteiger partial charge is 0.398 e. The Kier molecular flexibility index (Phi) is 4.31. The third kappa shape index (κ3) is 3.37. The topological polar surface area (TPSA) is 63.4 Å². The normalized spacial score (nSPS) is 18.9. The van der Waals surface area contributed by atoms with Crippen LogP contribution in [0.5, 0.6) is 0 Å². The Morgan fingerprint density at radius 2 is 1.81 bits per heavy atom. The Morgan fingerprint density at radius 3 is 2.33 bits per heavy atom. The molecule has 0 spiro atoms. The standard InChI is InChI=1S/C15H23FN2O2S/c1-15(2,3)11-6-8-18(9-7-11)21(19,20)14-10-12(16)4-5-13(14)17/h4-5,10-11H,6-9,17H2,1-3H3. The van der Waals surface area contributed by atoms with E-state index in [4.69, 9.17) is 5.73 Å². The van der Waals surface area contributed by atoms with Crippen LogP contribution in [0.1, 0.15) is 33.6 Å². The van der Waals surface area contributed by atoms with Crippen LogP contribution in [0.4, 0.5) is 10.1 Å². The first-order valence-corrected chi connectivity index (χ1v) is 8.61. The van der Waals surface area contributed by atoms with Crippen LogP contribution in [0.3, 0.4) is 0 Å². The van der Waals surface area contributed by atoms with Gasteiger partial charge in [0.2, 0.25) is 10.0 Å². The fourth-order valence-corrected chi connectivity index (χ4v) is 4.43. The van der Waals surface area contributed by atoms with Gasteiger partial charge >= 0.3 is 0 Å². The van der Waals surface area contributed by atoms with Gasteiger partial charge in [-0.2, -0.15) is 4.31 Å². The summed E-state index contributed by atoms with van der Waals surface area (Å²) in [5.74, 6) is -0.0961. The number of nitrogen functional groups attached to an aromatic ring is 1. The van der Waals surface area contributed by atoms with E-state index >= 15 is 0 Å². The lowest BCUT2D eigenvalue weighted by Gasteiger charge is -2.38. The molecule has 0 saturated carbocycles. The molecule has 0 bridgehead atoms. The third-order valence-corrected chi connectivity index (χ3v) is 6.23. The van der Waals surface area contributed by atoms with Crippen LogP contribution >= 0.6 is 0 Å². The second-order valence-electron chi connectivity index (χ2n) is 6.73. The monoisotopic (exact) mass is 314 g/mol. The zero-order chi connectivity index (χ0) is 15.8. The number of anilines is 1. The Balaban J connectivity index is 2.21. The van der Waals surface area contributed by atoms with Gasteiger partial charge in [-0.25, -0.2) is 12.8 Å². The van der Waals surface area contributed by atoms with E-state index in [0.717, 1.165) is 18.9 Å². The van der Waals surface area contributed by atoms with Crippen LogP contribution < -0.4 is 5.73 Å². The van der Waals surface area contributed by atoms with Gasteiger partial charge in [0, 0.05) is 13.1 Å². The zero-order valence-corrected chi connectivity index (χ0v) is 13.6. The molecule has 6 heteroatoms. The summed E-state index contributed by atoms with van der Waals surface area (Å²) in [6, 6.07) is 3.46. The average Bonchev–Trinajstić information content (AvgIpc) is 2.40. The predicted octanol–water partition coefficient (Wildman–Crippen LogP) is 2.85. The van der Waals surface area contributed by atoms with Crippen molar-refractivity contribution >= 4 is 15.7 Å². The summed E-state index contributed by atoms with van der Waals surface area (Å²) in [6.07, 6.45) is 1.63. The maximum absolute atomic E-state index is 13.3. The van der Waals surface area contributed by atoms with Crippen LogP contribution in [-0.4, -0.2) is 25.8 Å².